The van der Waals surface area contributed by atoms with Crippen LogP contribution in [0, 0.1) is 0 Å². The maximum Gasteiger partial charge on any atom is 0.248 e. The molecule has 0 heterocycles. The molecule has 3 aromatic rings. The fourth-order valence-corrected chi connectivity index (χ4v) is 2.75. The molecule has 0 saturated heterocycles. The first-order valence-electron chi connectivity index (χ1n) is 8.06. The molecule has 0 aliphatic rings. The van der Waals surface area contributed by atoms with Crippen molar-refractivity contribution < 1.29 is 4.79 Å². The van der Waals surface area contributed by atoms with Crippen LogP contribution in [0.2, 0.25) is 5.02 Å². The van der Waals surface area contributed by atoms with Gasteiger partial charge in [0.05, 0.1) is 0 Å². The van der Waals surface area contributed by atoms with Gasteiger partial charge >= 0.3 is 0 Å². The number of carbonyl (C=O) groups excluding carboxylic acids is 1. The number of amides is 1. The number of carbonyl (C=O) groups is 1. The highest BCUT2D eigenvalue weighted by Crippen LogP contribution is 2.21. The van der Waals surface area contributed by atoms with Crippen molar-refractivity contribution in [3.8, 4) is 11.1 Å². The summed E-state index contributed by atoms with van der Waals surface area (Å²) in [6, 6.07) is 23.5. The second-order valence-electron chi connectivity index (χ2n) is 5.87. The number of rotatable bonds is 6. The number of nitrogens with one attached hydrogen (secondary N) is 1. The predicted octanol–water partition coefficient (Wildman–Crippen LogP) is 4.40. The van der Waals surface area contributed by atoms with E-state index in [1.54, 1.807) is 6.07 Å². The van der Waals surface area contributed by atoms with Gasteiger partial charge in [-0.15, -0.1) is 0 Å². The summed E-state index contributed by atoms with van der Waals surface area (Å²) in [4.78, 5) is 11.3. The zero-order chi connectivity index (χ0) is 17.6. The zero-order valence-electron chi connectivity index (χ0n) is 13.7. The molecule has 0 aliphatic heterocycles. The Morgan fingerprint density at radius 2 is 1.44 bits per heavy atom. The minimum atomic E-state index is -0.412. The minimum Gasteiger partial charge on any atom is -0.366 e. The molecule has 0 fully saturated rings. The van der Waals surface area contributed by atoms with Crippen LogP contribution in [0.3, 0.4) is 0 Å². The molecule has 25 heavy (non-hydrogen) atoms. The number of nitrogens with two attached hydrogens (primary N) is 1. The van der Waals surface area contributed by atoms with Gasteiger partial charge in [0, 0.05) is 23.7 Å². The van der Waals surface area contributed by atoms with Crippen molar-refractivity contribution in [2.24, 2.45) is 5.73 Å². The lowest BCUT2D eigenvalue weighted by molar-refractivity contribution is 0.100. The molecule has 0 atom stereocenters. The summed E-state index contributed by atoms with van der Waals surface area (Å²) in [5, 5.41) is 4.17. The number of hydrogen-bond acceptors (Lipinski definition) is 2. The fourth-order valence-electron chi connectivity index (χ4n) is 2.62. The highest BCUT2D eigenvalue weighted by atomic mass is 35.5. The van der Waals surface area contributed by atoms with Crippen molar-refractivity contribution >= 4 is 17.5 Å². The maximum atomic E-state index is 11.3. The van der Waals surface area contributed by atoms with Crippen molar-refractivity contribution in [3.05, 3.63) is 94.5 Å². The second-order valence-corrected chi connectivity index (χ2v) is 6.31. The van der Waals surface area contributed by atoms with E-state index in [0.717, 1.165) is 29.2 Å². The number of halogens is 1. The van der Waals surface area contributed by atoms with E-state index in [1.165, 1.54) is 11.1 Å². The van der Waals surface area contributed by atoms with Crippen LogP contribution in [0.25, 0.3) is 11.1 Å². The van der Waals surface area contributed by atoms with E-state index in [4.69, 9.17) is 17.3 Å². The Morgan fingerprint density at radius 3 is 2.04 bits per heavy atom. The molecule has 0 spiro atoms. The molecule has 4 heteroatoms. The molecule has 3 nitrogen and oxygen atoms in total. The van der Waals surface area contributed by atoms with Gasteiger partial charge in [0.15, 0.2) is 0 Å². The predicted molar refractivity (Wildman–Crippen MR) is 102 cm³/mol. The summed E-state index contributed by atoms with van der Waals surface area (Å²) < 4.78 is 0. The summed E-state index contributed by atoms with van der Waals surface area (Å²) in [5.41, 5.74) is 10.3. The zero-order valence-corrected chi connectivity index (χ0v) is 14.5. The van der Waals surface area contributed by atoms with Crippen LogP contribution in [0.15, 0.2) is 72.8 Å². The SMILES string of the molecule is NC(=O)c1cccc(-c2ccc(CNCc3ccc(Cl)cc3)cc2)c1. The highest BCUT2D eigenvalue weighted by molar-refractivity contribution is 6.30. The maximum absolute atomic E-state index is 11.3. The largest absolute Gasteiger partial charge is 0.366 e. The van der Waals surface area contributed by atoms with Gasteiger partial charge in [-0.3, -0.25) is 4.79 Å². The number of benzene rings is 3. The third-order valence-corrected chi connectivity index (χ3v) is 4.26. The van der Waals surface area contributed by atoms with Crippen LogP contribution >= 0.6 is 11.6 Å². The van der Waals surface area contributed by atoms with Gasteiger partial charge in [-0.25, -0.2) is 0 Å². The first-order valence-corrected chi connectivity index (χ1v) is 8.44. The quantitative estimate of drug-likeness (QED) is 0.692. The van der Waals surface area contributed by atoms with E-state index in [2.05, 4.69) is 29.6 Å². The summed E-state index contributed by atoms with van der Waals surface area (Å²) in [5.74, 6) is -0.412. The summed E-state index contributed by atoms with van der Waals surface area (Å²) in [6.45, 7) is 1.57. The van der Waals surface area contributed by atoms with E-state index < -0.39 is 5.91 Å². The molecule has 0 aliphatic carbocycles. The second kappa shape index (κ2) is 7.97. The monoisotopic (exact) mass is 350 g/mol. The Balaban J connectivity index is 1.61. The van der Waals surface area contributed by atoms with Crippen LogP contribution in [0.5, 0.6) is 0 Å². The van der Waals surface area contributed by atoms with Crippen LogP contribution in [-0.2, 0) is 13.1 Å². The summed E-state index contributed by atoms with van der Waals surface area (Å²) in [6.07, 6.45) is 0. The minimum absolute atomic E-state index is 0.412. The van der Waals surface area contributed by atoms with E-state index >= 15 is 0 Å². The standard InChI is InChI=1S/C21H19ClN2O/c22-20-10-6-16(7-11-20)14-24-13-15-4-8-17(9-5-15)18-2-1-3-19(12-18)21(23)25/h1-12,24H,13-14H2,(H2,23,25). The average Bonchev–Trinajstić information content (AvgIpc) is 2.64. The molecule has 3 aromatic carbocycles. The first-order chi connectivity index (χ1) is 12.1. The van der Waals surface area contributed by atoms with Crippen LogP contribution in [0.4, 0.5) is 0 Å². The van der Waals surface area contributed by atoms with Gasteiger partial charge in [0.1, 0.15) is 0 Å². The van der Waals surface area contributed by atoms with Crippen LogP contribution in [-0.4, -0.2) is 5.91 Å². The number of primary amides is 1. The third-order valence-electron chi connectivity index (χ3n) is 4.01. The lowest BCUT2D eigenvalue weighted by Crippen LogP contribution is -2.12. The Labute approximate surface area is 152 Å². The van der Waals surface area contributed by atoms with Crippen molar-refractivity contribution in [2.45, 2.75) is 13.1 Å². The molecule has 0 aromatic heterocycles. The molecule has 126 valence electrons. The Kier molecular flexibility index (Phi) is 5.49. The summed E-state index contributed by atoms with van der Waals surface area (Å²) in [7, 11) is 0. The van der Waals surface area contributed by atoms with Gasteiger partial charge in [-0.05, 0) is 46.5 Å². The van der Waals surface area contributed by atoms with E-state index in [1.807, 2.05) is 42.5 Å². The molecule has 0 radical (unpaired) electrons. The van der Waals surface area contributed by atoms with Gasteiger partial charge < -0.3 is 11.1 Å². The van der Waals surface area contributed by atoms with Crippen molar-refractivity contribution in [1.29, 1.82) is 0 Å². The molecule has 0 unspecified atom stereocenters. The molecule has 1 amide bonds. The molecular formula is C21H19ClN2O. The van der Waals surface area contributed by atoms with Gasteiger partial charge in [0.2, 0.25) is 5.91 Å². The topological polar surface area (TPSA) is 55.1 Å². The van der Waals surface area contributed by atoms with E-state index in [-0.39, 0.29) is 0 Å². The highest BCUT2D eigenvalue weighted by Gasteiger charge is 2.03. The first kappa shape index (κ1) is 17.2. The van der Waals surface area contributed by atoms with Crippen LogP contribution < -0.4 is 11.1 Å². The van der Waals surface area contributed by atoms with Crippen LogP contribution in [0.1, 0.15) is 21.5 Å². The van der Waals surface area contributed by atoms with Gasteiger partial charge in [-0.2, -0.15) is 0 Å². The third kappa shape index (κ3) is 4.69. The van der Waals surface area contributed by atoms with Gasteiger partial charge in [0.25, 0.3) is 0 Å². The van der Waals surface area contributed by atoms with Gasteiger partial charge in [-0.1, -0.05) is 60.1 Å². The molecule has 3 N–H and O–H groups in total. The van der Waals surface area contributed by atoms with Crippen molar-refractivity contribution in [1.82, 2.24) is 5.32 Å². The number of hydrogen-bond donors (Lipinski definition) is 2. The normalized spacial score (nSPS) is 10.6. The van der Waals surface area contributed by atoms with E-state index in [0.29, 0.717) is 5.56 Å². The Morgan fingerprint density at radius 1 is 0.840 bits per heavy atom. The average molecular weight is 351 g/mol. The lowest BCUT2D eigenvalue weighted by Gasteiger charge is -2.08. The molecule has 0 saturated carbocycles. The molecule has 0 bridgehead atoms. The van der Waals surface area contributed by atoms with E-state index in [9.17, 15) is 4.79 Å². The fraction of sp³-hybridized carbons (Fsp3) is 0.0952. The summed E-state index contributed by atoms with van der Waals surface area (Å²) >= 11 is 5.89. The Bertz CT molecular complexity index is 858. The smallest absolute Gasteiger partial charge is 0.248 e. The molecular weight excluding hydrogens is 332 g/mol. The lowest BCUT2D eigenvalue weighted by atomic mass is 10.0. The molecule has 3 rings (SSSR count). The van der Waals surface area contributed by atoms with Crippen molar-refractivity contribution in [3.63, 3.8) is 0 Å². The van der Waals surface area contributed by atoms with Crippen molar-refractivity contribution in [2.75, 3.05) is 0 Å². The Hall–Kier alpha value is -2.62.